The van der Waals surface area contributed by atoms with Gasteiger partial charge in [-0.05, 0) is 35.9 Å². The van der Waals surface area contributed by atoms with E-state index in [2.05, 4.69) is 55.3 Å². The van der Waals surface area contributed by atoms with Crippen molar-refractivity contribution in [3.05, 3.63) is 73.3 Å². The molecule has 0 aromatic heterocycles. The number of hydrogen-bond donors (Lipinski definition) is 0. The molecule has 0 heteroatoms. The van der Waals surface area contributed by atoms with Crippen LogP contribution in [0.15, 0.2) is 67.8 Å². The van der Waals surface area contributed by atoms with Gasteiger partial charge in [0.2, 0.25) is 0 Å². The topological polar surface area (TPSA) is 0 Å². The van der Waals surface area contributed by atoms with Crippen molar-refractivity contribution >= 4 is 10.8 Å². The van der Waals surface area contributed by atoms with Crippen LogP contribution < -0.4 is 0 Å². The van der Waals surface area contributed by atoms with Gasteiger partial charge in [0, 0.05) is 5.56 Å². The van der Waals surface area contributed by atoms with Crippen molar-refractivity contribution in [3.63, 3.8) is 0 Å². The molecule has 0 bridgehead atoms. The number of fused-ring (bicyclic) bond motifs is 1. The number of hydrogen-bond acceptors (Lipinski definition) is 0. The van der Waals surface area contributed by atoms with Crippen LogP contribution in [0.2, 0.25) is 0 Å². The number of benzene rings is 2. The summed E-state index contributed by atoms with van der Waals surface area (Å²) in [4.78, 5) is 0. The maximum Gasteiger partial charge on any atom is 0.0255 e. The second kappa shape index (κ2) is 7.09. The van der Waals surface area contributed by atoms with Gasteiger partial charge in [-0.2, -0.15) is 0 Å². The third-order valence-electron chi connectivity index (χ3n) is 2.22. The highest BCUT2D eigenvalue weighted by Gasteiger charge is 1.91. The van der Waals surface area contributed by atoms with Gasteiger partial charge in [0.1, 0.15) is 0 Å². The monoisotopic (exact) mass is 220 g/mol. The van der Waals surface area contributed by atoms with E-state index in [4.69, 9.17) is 0 Å². The Hall–Kier alpha value is -2.26. The van der Waals surface area contributed by atoms with Gasteiger partial charge in [-0.25, -0.2) is 0 Å². The van der Waals surface area contributed by atoms with Crippen LogP contribution in [0.5, 0.6) is 0 Å². The van der Waals surface area contributed by atoms with Gasteiger partial charge in [0.05, 0.1) is 0 Å². The van der Waals surface area contributed by atoms with Crippen molar-refractivity contribution in [2.75, 3.05) is 0 Å². The molecular weight excluding hydrogens is 204 g/mol. The lowest BCUT2D eigenvalue weighted by Crippen LogP contribution is -1.75. The van der Waals surface area contributed by atoms with Crippen LogP contribution in [-0.4, -0.2) is 0 Å². The van der Waals surface area contributed by atoms with E-state index in [-0.39, 0.29) is 0 Å². The summed E-state index contributed by atoms with van der Waals surface area (Å²) in [5, 5.41) is 2.50. The molecule has 0 heterocycles. The standard InChI is InChI=1S/C15H12.C2H4/c1-2-3-4-7-13-10-11-14-8-5-6-9-15(14)12-13;1-2/h2-3,5-6,8-12H,1H3;1-2H2/b3-2+;. The zero-order chi connectivity index (χ0) is 12.5. The lowest BCUT2D eigenvalue weighted by Gasteiger charge is -1.96. The minimum atomic E-state index is 1.06. The first-order valence-electron chi connectivity index (χ1n) is 5.51. The van der Waals surface area contributed by atoms with Crippen LogP contribution in [-0.2, 0) is 0 Å². The molecule has 0 atom stereocenters. The van der Waals surface area contributed by atoms with Gasteiger partial charge in [0.25, 0.3) is 0 Å². The number of rotatable bonds is 0. The van der Waals surface area contributed by atoms with E-state index in [1.165, 1.54) is 10.8 Å². The average molecular weight is 220 g/mol. The summed E-state index contributed by atoms with van der Waals surface area (Å²) in [7, 11) is 0. The molecule has 84 valence electrons. The molecule has 0 aliphatic rings. The summed E-state index contributed by atoms with van der Waals surface area (Å²) in [6.07, 6.45) is 3.79. The second-order valence-corrected chi connectivity index (χ2v) is 3.33. The highest BCUT2D eigenvalue weighted by Crippen LogP contribution is 2.14. The molecule has 0 saturated carbocycles. The zero-order valence-electron chi connectivity index (χ0n) is 10.1. The Morgan fingerprint density at radius 3 is 2.41 bits per heavy atom. The predicted octanol–water partition coefficient (Wildman–Crippen LogP) is 4.57. The van der Waals surface area contributed by atoms with Crippen LogP contribution in [0.25, 0.3) is 10.8 Å². The molecule has 0 nitrogen and oxygen atoms in total. The van der Waals surface area contributed by atoms with Crippen LogP contribution in [0, 0.1) is 11.8 Å². The molecule has 0 N–H and O–H groups in total. The summed E-state index contributed by atoms with van der Waals surface area (Å²) in [5.41, 5.74) is 1.06. The summed E-state index contributed by atoms with van der Waals surface area (Å²) < 4.78 is 0. The SMILES string of the molecule is C/C=C/C#Cc1ccc2ccccc2c1.C=C. The minimum Gasteiger partial charge on any atom is -0.106 e. The Morgan fingerprint density at radius 2 is 1.71 bits per heavy atom. The van der Waals surface area contributed by atoms with E-state index < -0.39 is 0 Å². The maximum atomic E-state index is 3.10. The predicted molar refractivity (Wildman–Crippen MR) is 76.9 cm³/mol. The van der Waals surface area contributed by atoms with Gasteiger partial charge in [0.15, 0.2) is 0 Å². The van der Waals surface area contributed by atoms with Crippen molar-refractivity contribution in [1.29, 1.82) is 0 Å². The maximum absolute atomic E-state index is 3.10. The number of allylic oxidation sites excluding steroid dienone is 2. The fraction of sp³-hybridized carbons (Fsp3) is 0.0588. The van der Waals surface area contributed by atoms with E-state index in [1.807, 2.05) is 31.2 Å². The first-order chi connectivity index (χ1) is 8.40. The highest BCUT2D eigenvalue weighted by molar-refractivity contribution is 5.83. The Morgan fingerprint density at radius 1 is 1.00 bits per heavy atom. The summed E-state index contributed by atoms with van der Waals surface area (Å²) >= 11 is 0. The zero-order valence-corrected chi connectivity index (χ0v) is 10.1. The van der Waals surface area contributed by atoms with Crippen LogP contribution in [0.1, 0.15) is 12.5 Å². The molecule has 0 spiro atoms. The van der Waals surface area contributed by atoms with Gasteiger partial charge in [-0.3, -0.25) is 0 Å². The van der Waals surface area contributed by atoms with Crippen molar-refractivity contribution in [3.8, 4) is 11.8 Å². The van der Waals surface area contributed by atoms with Gasteiger partial charge in [-0.15, -0.1) is 13.2 Å². The van der Waals surface area contributed by atoms with Gasteiger partial charge >= 0.3 is 0 Å². The molecule has 2 rings (SSSR count). The molecule has 0 unspecified atom stereocenters. The molecule has 0 radical (unpaired) electrons. The van der Waals surface area contributed by atoms with Crippen molar-refractivity contribution < 1.29 is 0 Å². The first kappa shape index (κ1) is 12.8. The second-order valence-electron chi connectivity index (χ2n) is 3.33. The third kappa shape index (κ3) is 3.66. The first-order valence-corrected chi connectivity index (χ1v) is 5.51. The lowest BCUT2D eigenvalue weighted by atomic mass is 10.1. The molecule has 2 aromatic carbocycles. The lowest BCUT2D eigenvalue weighted by molar-refractivity contribution is 1.69. The molecular formula is C17H16. The summed E-state index contributed by atoms with van der Waals surface area (Å²) in [6.45, 7) is 7.97. The molecule has 17 heavy (non-hydrogen) atoms. The highest BCUT2D eigenvalue weighted by atomic mass is 14.0. The minimum absolute atomic E-state index is 1.06. The fourth-order valence-corrected chi connectivity index (χ4v) is 1.48. The van der Waals surface area contributed by atoms with E-state index in [9.17, 15) is 0 Å². The van der Waals surface area contributed by atoms with E-state index >= 15 is 0 Å². The molecule has 0 aliphatic heterocycles. The molecule has 0 amide bonds. The fourth-order valence-electron chi connectivity index (χ4n) is 1.48. The van der Waals surface area contributed by atoms with Crippen LogP contribution in [0.3, 0.4) is 0 Å². The van der Waals surface area contributed by atoms with E-state index in [0.717, 1.165) is 5.56 Å². The molecule has 0 fully saturated rings. The Balaban J connectivity index is 0.000000686. The molecule has 0 aliphatic carbocycles. The largest absolute Gasteiger partial charge is 0.106 e. The van der Waals surface area contributed by atoms with Crippen molar-refractivity contribution in [2.45, 2.75) is 6.92 Å². The quantitative estimate of drug-likeness (QED) is 0.450. The average Bonchev–Trinajstić information content (AvgIpc) is 2.41. The Kier molecular flexibility index (Phi) is 5.34. The Labute approximate surface area is 103 Å². The van der Waals surface area contributed by atoms with Crippen molar-refractivity contribution in [2.24, 2.45) is 0 Å². The molecule has 2 aromatic rings. The summed E-state index contributed by atoms with van der Waals surface area (Å²) in [5.74, 6) is 6.09. The Bertz CT molecular complexity index is 565. The smallest absolute Gasteiger partial charge is 0.0255 e. The van der Waals surface area contributed by atoms with Crippen molar-refractivity contribution in [1.82, 2.24) is 0 Å². The molecule has 0 saturated heterocycles. The van der Waals surface area contributed by atoms with Crippen LogP contribution in [0.4, 0.5) is 0 Å². The van der Waals surface area contributed by atoms with Gasteiger partial charge in [-0.1, -0.05) is 48.2 Å². The van der Waals surface area contributed by atoms with E-state index in [0.29, 0.717) is 0 Å². The van der Waals surface area contributed by atoms with E-state index in [1.54, 1.807) is 0 Å². The normalized spacial score (nSPS) is 9.24. The third-order valence-corrected chi connectivity index (χ3v) is 2.22. The van der Waals surface area contributed by atoms with Crippen LogP contribution >= 0.6 is 0 Å². The summed E-state index contributed by atoms with van der Waals surface area (Å²) in [6, 6.07) is 14.6. The van der Waals surface area contributed by atoms with Gasteiger partial charge < -0.3 is 0 Å².